The molecule has 6 heteroatoms. The van der Waals surface area contributed by atoms with Gasteiger partial charge in [-0.15, -0.1) is 0 Å². The summed E-state index contributed by atoms with van der Waals surface area (Å²) in [5.41, 5.74) is 0. The third-order valence-electron chi connectivity index (χ3n) is 1.71. The van der Waals surface area contributed by atoms with Gasteiger partial charge in [-0.3, -0.25) is 0 Å². The van der Waals surface area contributed by atoms with Gasteiger partial charge in [0.2, 0.25) is 0 Å². The van der Waals surface area contributed by atoms with E-state index in [2.05, 4.69) is 4.98 Å². The van der Waals surface area contributed by atoms with Crippen LogP contribution >= 0.6 is 22.9 Å². The van der Waals surface area contributed by atoms with Crippen molar-refractivity contribution in [1.82, 2.24) is 4.98 Å². The summed E-state index contributed by atoms with van der Waals surface area (Å²) >= 11 is 6.69. The van der Waals surface area contributed by atoms with Crippen molar-refractivity contribution in [2.45, 2.75) is 0 Å². The van der Waals surface area contributed by atoms with Gasteiger partial charge >= 0.3 is 5.97 Å². The molecule has 0 amide bonds. The number of halogens is 1. The fourth-order valence-corrected chi connectivity index (χ4v) is 1.76. The molecule has 0 aliphatic rings. The first-order valence-corrected chi connectivity index (χ1v) is 5.47. The molecule has 0 fully saturated rings. The predicted octanol–water partition coefficient (Wildman–Crippen LogP) is 3.29. The van der Waals surface area contributed by atoms with E-state index in [1.165, 1.54) is 6.20 Å². The van der Waals surface area contributed by atoms with Crippen molar-refractivity contribution >= 4 is 28.9 Å². The van der Waals surface area contributed by atoms with Crippen LogP contribution in [-0.4, -0.2) is 16.1 Å². The highest BCUT2D eigenvalue weighted by molar-refractivity contribution is 7.15. The molecule has 1 N–H and O–H groups in total. The number of hydrogen-bond acceptors (Lipinski definition) is 4. The van der Waals surface area contributed by atoms with Crippen LogP contribution in [-0.2, 0) is 0 Å². The number of benzene rings is 1. The summed E-state index contributed by atoms with van der Waals surface area (Å²) in [4.78, 5) is 14.6. The molecule has 0 aliphatic heterocycles. The zero-order chi connectivity index (χ0) is 11.5. The molecule has 1 aromatic heterocycles. The second-order valence-electron chi connectivity index (χ2n) is 2.85. The standard InChI is InChI=1S/C10H6ClNO3S/c11-6-1-3-7(4-2-6)15-10-12-5-8(16-10)9(13)14/h1-5H,(H,13,14). The molecule has 0 saturated carbocycles. The van der Waals surface area contributed by atoms with Crippen LogP contribution in [0.5, 0.6) is 10.9 Å². The largest absolute Gasteiger partial charge is 0.477 e. The number of aromatic carboxylic acids is 1. The molecular weight excluding hydrogens is 250 g/mol. The number of carboxylic acid groups (broad SMARTS) is 1. The minimum absolute atomic E-state index is 0.143. The fourth-order valence-electron chi connectivity index (χ4n) is 1.01. The topological polar surface area (TPSA) is 59.4 Å². The molecule has 1 aromatic carbocycles. The van der Waals surface area contributed by atoms with Gasteiger partial charge in [0.25, 0.3) is 5.19 Å². The van der Waals surface area contributed by atoms with E-state index in [-0.39, 0.29) is 4.88 Å². The Hall–Kier alpha value is -1.59. The van der Waals surface area contributed by atoms with Crippen molar-refractivity contribution in [2.24, 2.45) is 0 Å². The Labute approximate surface area is 100 Å². The Balaban J connectivity index is 2.14. The van der Waals surface area contributed by atoms with Gasteiger partial charge in [0.1, 0.15) is 10.6 Å². The maximum absolute atomic E-state index is 10.6. The maximum Gasteiger partial charge on any atom is 0.347 e. The first-order valence-electron chi connectivity index (χ1n) is 4.28. The molecule has 1 heterocycles. The van der Waals surface area contributed by atoms with E-state index >= 15 is 0 Å². The molecule has 0 atom stereocenters. The quantitative estimate of drug-likeness (QED) is 0.914. The summed E-state index contributed by atoms with van der Waals surface area (Å²) in [5, 5.41) is 9.60. The van der Waals surface area contributed by atoms with E-state index in [0.29, 0.717) is 16.0 Å². The first-order chi connectivity index (χ1) is 7.65. The molecule has 16 heavy (non-hydrogen) atoms. The Morgan fingerprint density at radius 2 is 2.06 bits per heavy atom. The fraction of sp³-hybridized carbons (Fsp3) is 0. The second-order valence-corrected chi connectivity index (χ2v) is 4.28. The molecular formula is C10H6ClNO3S. The molecule has 82 valence electrons. The number of thiazole rings is 1. The van der Waals surface area contributed by atoms with Crippen molar-refractivity contribution in [3.05, 3.63) is 40.4 Å². The predicted molar refractivity (Wildman–Crippen MR) is 60.6 cm³/mol. The van der Waals surface area contributed by atoms with Gasteiger partial charge in [0, 0.05) is 5.02 Å². The number of rotatable bonds is 3. The van der Waals surface area contributed by atoms with Crippen molar-refractivity contribution in [3.8, 4) is 10.9 Å². The van der Waals surface area contributed by atoms with E-state index < -0.39 is 5.97 Å². The highest BCUT2D eigenvalue weighted by Gasteiger charge is 2.09. The summed E-state index contributed by atoms with van der Waals surface area (Å²) in [5.74, 6) is -0.445. The van der Waals surface area contributed by atoms with Crippen LogP contribution in [0.15, 0.2) is 30.5 Å². The summed E-state index contributed by atoms with van der Waals surface area (Å²) < 4.78 is 5.35. The average Bonchev–Trinajstić information content (AvgIpc) is 2.70. The van der Waals surface area contributed by atoms with Crippen molar-refractivity contribution in [2.75, 3.05) is 0 Å². The minimum atomic E-state index is -1.01. The molecule has 2 rings (SSSR count). The lowest BCUT2D eigenvalue weighted by molar-refractivity contribution is 0.0702. The van der Waals surface area contributed by atoms with Gasteiger partial charge in [-0.1, -0.05) is 22.9 Å². The third-order valence-corrected chi connectivity index (χ3v) is 2.83. The highest BCUT2D eigenvalue weighted by atomic mass is 35.5. The molecule has 0 bridgehead atoms. The van der Waals surface area contributed by atoms with Crippen molar-refractivity contribution in [3.63, 3.8) is 0 Å². The van der Waals surface area contributed by atoms with Crippen LogP contribution in [0.3, 0.4) is 0 Å². The van der Waals surface area contributed by atoms with Crippen LogP contribution in [0, 0.1) is 0 Å². The van der Waals surface area contributed by atoms with Crippen LogP contribution in [0.4, 0.5) is 0 Å². The molecule has 0 spiro atoms. The average molecular weight is 256 g/mol. The smallest absolute Gasteiger partial charge is 0.347 e. The van der Waals surface area contributed by atoms with Gasteiger partial charge in [0.15, 0.2) is 0 Å². The SMILES string of the molecule is O=C(O)c1cnc(Oc2ccc(Cl)cc2)s1. The Morgan fingerprint density at radius 3 is 2.62 bits per heavy atom. The lowest BCUT2D eigenvalue weighted by atomic mass is 10.3. The Kier molecular flexibility index (Phi) is 3.07. The summed E-state index contributed by atoms with van der Waals surface area (Å²) in [6, 6.07) is 6.74. The molecule has 0 radical (unpaired) electrons. The monoisotopic (exact) mass is 255 g/mol. The van der Waals surface area contributed by atoms with Crippen LogP contribution in [0.25, 0.3) is 0 Å². The lowest BCUT2D eigenvalue weighted by Gasteiger charge is -2.00. The molecule has 2 aromatic rings. The van der Waals surface area contributed by atoms with Crippen molar-refractivity contribution in [1.29, 1.82) is 0 Å². The second kappa shape index (κ2) is 4.51. The van der Waals surface area contributed by atoms with Gasteiger partial charge in [-0.25, -0.2) is 9.78 Å². The number of aromatic nitrogens is 1. The Morgan fingerprint density at radius 1 is 1.38 bits per heavy atom. The van der Waals surface area contributed by atoms with Crippen LogP contribution in [0.2, 0.25) is 5.02 Å². The number of carboxylic acids is 1. The van der Waals surface area contributed by atoms with Gasteiger partial charge in [-0.05, 0) is 24.3 Å². The van der Waals surface area contributed by atoms with E-state index in [1.807, 2.05) is 0 Å². The lowest BCUT2D eigenvalue weighted by Crippen LogP contribution is -1.89. The van der Waals surface area contributed by atoms with E-state index in [9.17, 15) is 4.79 Å². The third kappa shape index (κ3) is 2.50. The van der Waals surface area contributed by atoms with Gasteiger partial charge < -0.3 is 9.84 Å². The maximum atomic E-state index is 10.6. The van der Waals surface area contributed by atoms with Crippen LogP contribution < -0.4 is 4.74 Å². The summed E-state index contributed by atoms with van der Waals surface area (Å²) in [7, 11) is 0. The number of carbonyl (C=O) groups is 1. The Bertz CT molecular complexity index is 509. The number of hydrogen-bond donors (Lipinski definition) is 1. The van der Waals surface area contributed by atoms with Crippen LogP contribution in [0.1, 0.15) is 9.67 Å². The van der Waals surface area contributed by atoms with E-state index in [1.54, 1.807) is 24.3 Å². The van der Waals surface area contributed by atoms with Gasteiger partial charge in [-0.2, -0.15) is 0 Å². The molecule has 0 saturated heterocycles. The number of nitrogens with zero attached hydrogens (tertiary/aromatic N) is 1. The molecule has 0 aliphatic carbocycles. The van der Waals surface area contributed by atoms with E-state index in [0.717, 1.165) is 11.3 Å². The summed E-state index contributed by atoms with van der Waals surface area (Å²) in [6.45, 7) is 0. The van der Waals surface area contributed by atoms with Crippen molar-refractivity contribution < 1.29 is 14.6 Å². The first kappa shape index (κ1) is 10.9. The normalized spacial score (nSPS) is 10.1. The van der Waals surface area contributed by atoms with E-state index in [4.69, 9.17) is 21.4 Å². The number of ether oxygens (including phenoxy) is 1. The highest BCUT2D eigenvalue weighted by Crippen LogP contribution is 2.27. The molecule has 0 unspecified atom stereocenters. The minimum Gasteiger partial charge on any atom is -0.477 e. The summed E-state index contributed by atoms with van der Waals surface area (Å²) in [6.07, 6.45) is 1.26. The molecule has 4 nitrogen and oxygen atoms in total. The van der Waals surface area contributed by atoms with Gasteiger partial charge in [0.05, 0.1) is 6.20 Å². The zero-order valence-electron chi connectivity index (χ0n) is 7.88. The zero-order valence-corrected chi connectivity index (χ0v) is 9.46.